The van der Waals surface area contributed by atoms with Gasteiger partial charge in [0.15, 0.2) is 4.32 Å². The van der Waals surface area contributed by atoms with Gasteiger partial charge in [0, 0.05) is 5.39 Å². The molecule has 6 heteroatoms. The number of halogens is 1. The summed E-state index contributed by atoms with van der Waals surface area (Å²) in [6.45, 7) is 0. The van der Waals surface area contributed by atoms with Crippen LogP contribution in [0.1, 0.15) is 5.56 Å². The number of nitrogens with zero attached hydrogens (tertiary/aromatic N) is 1. The summed E-state index contributed by atoms with van der Waals surface area (Å²) in [5.74, 6) is 0.102. The zero-order chi connectivity index (χ0) is 18.3. The van der Waals surface area contributed by atoms with E-state index in [9.17, 15) is 9.90 Å². The zero-order valence-corrected chi connectivity index (χ0v) is 17.1. The van der Waals surface area contributed by atoms with Crippen molar-refractivity contribution in [3.8, 4) is 5.75 Å². The van der Waals surface area contributed by atoms with Gasteiger partial charge in [-0.2, -0.15) is 0 Å². The molecule has 0 aliphatic carbocycles. The van der Waals surface area contributed by atoms with E-state index in [4.69, 9.17) is 12.2 Å². The van der Waals surface area contributed by atoms with Gasteiger partial charge in [0.25, 0.3) is 5.91 Å². The second-order valence-electron chi connectivity index (χ2n) is 5.73. The fourth-order valence-corrected chi connectivity index (χ4v) is 4.67. The van der Waals surface area contributed by atoms with Crippen LogP contribution in [-0.4, -0.2) is 15.3 Å². The van der Waals surface area contributed by atoms with Crippen LogP contribution in [0.5, 0.6) is 5.75 Å². The van der Waals surface area contributed by atoms with Crippen LogP contribution in [0, 0.1) is 3.57 Å². The first kappa shape index (κ1) is 17.5. The Labute approximate surface area is 173 Å². The van der Waals surface area contributed by atoms with Crippen molar-refractivity contribution in [1.82, 2.24) is 0 Å². The molecule has 26 heavy (non-hydrogen) atoms. The van der Waals surface area contributed by atoms with Crippen molar-refractivity contribution in [1.29, 1.82) is 0 Å². The van der Waals surface area contributed by atoms with Crippen molar-refractivity contribution in [3.05, 3.63) is 74.7 Å². The number of thioether (sulfide) groups is 1. The molecule has 1 heterocycles. The Morgan fingerprint density at radius 3 is 2.65 bits per heavy atom. The number of aromatic hydroxyl groups is 1. The molecule has 1 N–H and O–H groups in total. The first-order valence-electron chi connectivity index (χ1n) is 7.79. The molecule has 0 radical (unpaired) electrons. The molecule has 4 rings (SSSR count). The normalized spacial score (nSPS) is 16.0. The van der Waals surface area contributed by atoms with Crippen molar-refractivity contribution in [2.24, 2.45) is 0 Å². The molecule has 0 bridgehead atoms. The van der Waals surface area contributed by atoms with Gasteiger partial charge in [0.1, 0.15) is 5.75 Å². The van der Waals surface area contributed by atoms with Gasteiger partial charge >= 0.3 is 0 Å². The predicted octanol–water partition coefficient (Wildman–Crippen LogP) is 5.56. The van der Waals surface area contributed by atoms with Crippen LogP contribution < -0.4 is 4.90 Å². The Kier molecular flexibility index (Phi) is 4.73. The van der Waals surface area contributed by atoms with E-state index in [2.05, 4.69) is 22.6 Å². The van der Waals surface area contributed by atoms with E-state index in [0.717, 1.165) is 25.6 Å². The number of carbonyl (C=O) groups excluding carboxylic acids is 1. The van der Waals surface area contributed by atoms with Gasteiger partial charge in [-0.1, -0.05) is 66.4 Å². The molecule has 1 saturated heterocycles. The molecule has 1 aliphatic heterocycles. The number of amides is 1. The smallest absolute Gasteiger partial charge is 0.270 e. The van der Waals surface area contributed by atoms with Crippen molar-refractivity contribution in [2.45, 2.75) is 0 Å². The number of thiocarbonyl (C=S) groups is 1. The highest BCUT2D eigenvalue weighted by molar-refractivity contribution is 14.1. The third-order valence-corrected chi connectivity index (χ3v) is 6.24. The number of rotatable bonds is 2. The molecule has 0 unspecified atom stereocenters. The Bertz CT molecular complexity index is 1090. The molecule has 3 aromatic rings. The highest BCUT2D eigenvalue weighted by Crippen LogP contribution is 2.39. The van der Waals surface area contributed by atoms with E-state index in [1.807, 2.05) is 54.6 Å². The maximum Gasteiger partial charge on any atom is 0.270 e. The van der Waals surface area contributed by atoms with E-state index in [-0.39, 0.29) is 11.7 Å². The molecule has 1 fully saturated rings. The predicted molar refractivity (Wildman–Crippen MR) is 120 cm³/mol. The van der Waals surface area contributed by atoms with Crippen molar-refractivity contribution in [2.75, 3.05) is 4.90 Å². The van der Waals surface area contributed by atoms with Crippen molar-refractivity contribution in [3.63, 3.8) is 0 Å². The summed E-state index contributed by atoms with van der Waals surface area (Å²) in [7, 11) is 0. The zero-order valence-electron chi connectivity index (χ0n) is 13.3. The van der Waals surface area contributed by atoms with Crippen LogP contribution >= 0.6 is 46.6 Å². The van der Waals surface area contributed by atoms with Crippen molar-refractivity contribution < 1.29 is 9.90 Å². The van der Waals surface area contributed by atoms with E-state index in [1.54, 1.807) is 17.0 Å². The molecular weight excluding hydrogens is 477 g/mol. The topological polar surface area (TPSA) is 40.5 Å². The SMILES string of the molecule is O=C1/C(=C\c2ccc(O)c(I)c2)SC(=S)N1c1cccc2ccccc12. The molecule has 0 atom stereocenters. The second-order valence-corrected chi connectivity index (χ2v) is 8.56. The van der Waals surface area contributed by atoms with Crippen LogP contribution in [0.3, 0.4) is 0 Å². The lowest BCUT2D eigenvalue weighted by atomic mass is 10.1. The largest absolute Gasteiger partial charge is 0.507 e. The van der Waals surface area contributed by atoms with Crippen molar-refractivity contribution >= 4 is 79.3 Å². The minimum atomic E-state index is -0.126. The Morgan fingerprint density at radius 1 is 1.08 bits per heavy atom. The summed E-state index contributed by atoms with van der Waals surface area (Å²) in [5, 5.41) is 11.7. The molecule has 1 aliphatic rings. The van der Waals surface area contributed by atoms with E-state index < -0.39 is 0 Å². The number of hydrogen-bond acceptors (Lipinski definition) is 4. The van der Waals surface area contributed by atoms with Crippen LogP contribution in [-0.2, 0) is 4.79 Å². The fraction of sp³-hybridized carbons (Fsp3) is 0. The van der Waals surface area contributed by atoms with Gasteiger partial charge in [-0.15, -0.1) is 0 Å². The number of phenolic OH excluding ortho intramolecular Hbond substituents is 1. The number of fused-ring (bicyclic) bond motifs is 1. The lowest BCUT2D eigenvalue weighted by Crippen LogP contribution is -2.27. The molecule has 128 valence electrons. The monoisotopic (exact) mass is 489 g/mol. The van der Waals surface area contributed by atoms with Gasteiger partial charge < -0.3 is 5.11 Å². The van der Waals surface area contributed by atoms with Gasteiger partial charge in [-0.25, -0.2) is 0 Å². The maximum absolute atomic E-state index is 13.0. The number of hydrogen-bond donors (Lipinski definition) is 1. The maximum atomic E-state index is 13.0. The lowest BCUT2D eigenvalue weighted by Gasteiger charge is -2.17. The van der Waals surface area contributed by atoms with Gasteiger partial charge in [-0.3, -0.25) is 9.69 Å². The third kappa shape index (κ3) is 3.13. The summed E-state index contributed by atoms with van der Waals surface area (Å²) in [4.78, 5) is 15.2. The summed E-state index contributed by atoms with van der Waals surface area (Å²) in [5.41, 5.74) is 1.65. The van der Waals surface area contributed by atoms with Gasteiger partial charge in [0.05, 0.1) is 14.2 Å². The summed E-state index contributed by atoms with van der Waals surface area (Å²) < 4.78 is 1.26. The van der Waals surface area contributed by atoms with E-state index in [0.29, 0.717) is 9.23 Å². The quantitative estimate of drug-likeness (QED) is 0.291. The second kappa shape index (κ2) is 7.02. The highest BCUT2D eigenvalue weighted by Gasteiger charge is 2.34. The molecular formula is C20H12INO2S2. The fourth-order valence-electron chi connectivity index (χ4n) is 2.84. The average molecular weight is 489 g/mol. The van der Waals surface area contributed by atoms with E-state index in [1.165, 1.54) is 11.8 Å². The Hall–Kier alpha value is -1.90. The number of benzene rings is 3. The van der Waals surface area contributed by atoms with Gasteiger partial charge in [0.2, 0.25) is 0 Å². The minimum Gasteiger partial charge on any atom is -0.507 e. The average Bonchev–Trinajstić information content (AvgIpc) is 2.91. The molecule has 1 amide bonds. The number of anilines is 1. The number of carbonyl (C=O) groups is 1. The standard InChI is InChI=1S/C20H12INO2S2/c21-15-10-12(8-9-17(15)23)11-18-19(24)22(20(25)26-18)16-7-3-5-13-4-1-2-6-14(13)16/h1-11,23H/b18-11+. The Morgan fingerprint density at radius 2 is 1.85 bits per heavy atom. The summed E-state index contributed by atoms with van der Waals surface area (Å²) in [6, 6.07) is 19.0. The lowest BCUT2D eigenvalue weighted by molar-refractivity contribution is -0.113. The highest BCUT2D eigenvalue weighted by atomic mass is 127. The molecule has 0 saturated carbocycles. The van der Waals surface area contributed by atoms with E-state index >= 15 is 0 Å². The minimum absolute atomic E-state index is 0.126. The first-order valence-corrected chi connectivity index (χ1v) is 10.1. The molecule has 3 nitrogen and oxygen atoms in total. The first-order chi connectivity index (χ1) is 12.5. The van der Waals surface area contributed by atoms with Crippen LogP contribution in [0.25, 0.3) is 16.8 Å². The summed E-state index contributed by atoms with van der Waals surface area (Å²) in [6.07, 6.45) is 1.81. The molecule has 0 spiro atoms. The summed E-state index contributed by atoms with van der Waals surface area (Å²) >= 11 is 8.84. The molecule has 0 aromatic heterocycles. The van der Waals surface area contributed by atoms with Crippen LogP contribution in [0.15, 0.2) is 65.6 Å². The number of phenols is 1. The Balaban J connectivity index is 1.75. The van der Waals surface area contributed by atoms with Crippen LogP contribution in [0.2, 0.25) is 0 Å². The van der Waals surface area contributed by atoms with Crippen LogP contribution in [0.4, 0.5) is 5.69 Å². The van der Waals surface area contributed by atoms with Gasteiger partial charge in [-0.05, 0) is 57.8 Å². The molecule has 3 aromatic carbocycles. The third-order valence-electron chi connectivity index (χ3n) is 4.07.